The van der Waals surface area contributed by atoms with Crippen LogP contribution in [0.2, 0.25) is 0 Å². The molecule has 110 valence electrons. The number of carbonyl (C=O) groups is 1. The highest BCUT2D eigenvalue weighted by Crippen LogP contribution is 2.61. The first kappa shape index (κ1) is 13.3. The van der Waals surface area contributed by atoms with Gasteiger partial charge in [0.1, 0.15) is 5.78 Å². The van der Waals surface area contributed by atoms with E-state index in [2.05, 4.69) is 43.8 Å². The molecule has 0 spiro atoms. The summed E-state index contributed by atoms with van der Waals surface area (Å²) in [6, 6.07) is 8.80. The van der Waals surface area contributed by atoms with E-state index in [1.54, 1.807) is 0 Å². The lowest BCUT2D eigenvalue weighted by Gasteiger charge is -2.49. The van der Waals surface area contributed by atoms with Crippen molar-refractivity contribution < 1.29 is 4.79 Å². The van der Waals surface area contributed by atoms with Gasteiger partial charge in [0.05, 0.1) is 0 Å². The SMILES string of the molecule is C=C[C@H]1CC[C@H]2[C@@H]3CCc4ccccc4[C@@H]3CC(=O)[C@]12C. The Balaban J connectivity index is 1.77. The number of rotatable bonds is 1. The van der Waals surface area contributed by atoms with Gasteiger partial charge in [0.15, 0.2) is 0 Å². The van der Waals surface area contributed by atoms with Crippen molar-refractivity contribution in [2.45, 2.75) is 44.9 Å². The molecule has 1 heteroatoms. The Kier molecular flexibility index (Phi) is 2.89. The number of allylic oxidation sites excluding steroid dienone is 1. The number of ketones is 1. The second-order valence-electron chi connectivity index (χ2n) is 7.44. The van der Waals surface area contributed by atoms with E-state index in [1.165, 1.54) is 30.4 Å². The average Bonchev–Trinajstić information content (AvgIpc) is 2.86. The van der Waals surface area contributed by atoms with Gasteiger partial charge in [-0.1, -0.05) is 37.3 Å². The van der Waals surface area contributed by atoms with Crippen molar-refractivity contribution in [2.75, 3.05) is 0 Å². The number of hydrogen-bond donors (Lipinski definition) is 0. The number of aryl methyl sites for hydroxylation is 1. The van der Waals surface area contributed by atoms with Crippen molar-refractivity contribution in [2.24, 2.45) is 23.2 Å². The number of carbonyl (C=O) groups excluding carboxylic acids is 1. The fraction of sp³-hybridized carbons (Fsp3) is 0.550. The maximum Gasteiger partial charge on any atom is 0.140 e. The third-order valence-electron chi connectivity index (χ3n) is 6.86. The van der Waals surface area contributed by atoms with E-state index in [-0.39, 0.29) is 5.41 Å². The van der Waals surface area contributed by atoms with Crippen molar-refractivity contribution in [3.05, 3.63) is 48.0 Å². The van der Waals surface area contributed by atoms with Crippen LogP contribution in [-0.2, 0) is 11.2 Å². The van der Waals surface area contributed by atoms with E-state index in [0.29, 0.717) is 29.5 Å². The molecule has 0 N–H and O–H groups in total. The van der Waals surface area contributed by atoms with Gasteiger partial charge in [-0.2, -0.15) is 0 Å². The van der Waals surface area contributed by atoms with Gasteiger partial charge < -0.3 is 0 Å². The zero-order chi connectivity index (χ0) is 14.6. The van der Waals surface area contributed by atoms with Crippen LogP contribution < -0.4 is 0 Å². The van der Waals surface area contributed by atoms with E-state index < -0.39 is 0 Å². The molecular weight excluding hydrogens is 256 g/mol. The Labute approximate surface area is 127 Å². The fourth-order valence-electron chi connectivity index (χ4n) is 5.71. The minimum Gasteiger partial charge on any atom is -0.299 e. The highest BCUT2D eigenvalue weighted by atomic mass is 16.1. The molecule has 4 rings (SSSR count). The molecule has 0 heterocycles. The molecule has 0 aliphatic heterocycles. The highest BCUT2D eigenvalue weighted by Gasteiger charge is 2.58. The quantitative estimate of drug-likeness (QED) is 0.691. The van der Waals surface area contributed by atoms with Crippen LogP contribution in [0.5, 0.6) is 0 Å². The van der Waals surface area contributed by atoms with Gasteiger partial charge in [-0.15, -0.1) is 6.58 Å². The van der Waals surface area contributed by atoms with Gasteiger partial charge in [-0.05, 0) is 60.5 Å². The van der Waals surface area contributed by atoms with Gasteiger partial charge >= 0.3 is 0 Å². The summed E-state index contributed by atoms with van der Waals surface area (Å²) in [5.74, 6) is 2.64. The molecular formula is C20H24O. The first-order valence-corrected chi connectivity index (χ1v) is 8.40. The van der Waals surface area contributed by atoms with Crippen LogP contribution in [0.3, 0.4) is 0 Å². The Hall–Kier alpha value is -1.37. The smallest absolute Gasteiger partial charge is 0.140 e. The van der Waals surface area contributed by atoms with Gasteiger partial charge in [0.2, 0.25) is 0 Å². The van der Waals surface area contributed by atoms with Crippen LogP contribution in [0.1, 0.15) is 49.7 Å². The number of fused-ring (bicyclic) bond motifs is 5. The Bertz CT molecular complexity index is 602. The minimum absolute atomic E-state index is 0.130. The van der Waals surface area contributed by atoms with Gasteiger partial charge in [0, 0.05) is 11.8 Å². The van der Waals surface area contributed by atoms with Crippen LogP contribution in [0.15, 0.2) is 36.9 Å². The summed E-state index contributed by atoms with van der Waals surface area (Å²) in [7, 11) is 0. The monoisotopic (exact) mass is 280 g/mol. The summed E-state index contributed by atoms with van der Waals surface area (Å²) in [6.07, 6.45) is 7.62. The molecule has 0 radical (unpaired) electrons. The van der Waals surface area contributed by atoms with Gasteiger partial charge in [-0.25, -0.2) is 0 Å². The lowest BCUT2D eigenvalue weighted by atomic mass is 9.53. The van der Waals surface area contributed by atoms with E-state index in [1.807, 2.05) is 0 Å². The topological polar surface area (TPSA) is 17.1 Å². The first-order valence-electron chi connectivity index (χ1n) is 8.40. The standard InChI is InChI=1S/C20H24O/c1-3-14-9-11-18-16-10-8-13-6-4-5-7-15(13)17(16)12-19(21)20(14,18)2/h3-7,14,16-18H,1,8-12H2,2H3/t14-,16+,17-,18-,20+/m0/s1. The molecule has 2 saturated carbocycles. The molecule has 1 aromatic rings. The molecule has 0 amide bonds. The zero-order valence-corrected chi connectivity index (χ0v) is 12.8. The van der Waals surface area contributed by atoms with Crippen molar-refractivity contribution in [1.29, 1.82) is 0 Å². The maximum absolute atomic E-state index is 13.0. The van der Waals surface area contributed by atoms with E-state index in [9.17, 15) is 4.79 Å². The Morgan fingerprint density at radius 2 is 2.05 bits per heavy atom. The second-order valence-corrected chi connectivity index (χ2v) is 7.44. The van der Waals surface area contributed by atoms with Gasteiger partial charge in [-0.3, -0.25) is 4.79 Å². The molecule has 0 aromatic heterocycles. The summed E-state index contributed by atoms with van der Waals surface area (Å²) in [6.45, 7) is 6.23. The lowest BCUT2D eigenvalue weighted by molar-refractivity contribution is -0.138. The molecule has 3 aliphatic rings. The maximum atomic E-state index is 13.0. The molecule has 3 aliphatic carbocycles. The Morgan fingerprint density at radius 3 is 2.86 bits per heavy atom. The van der Waals surface area contributed by atoms with Crippen LogP contribution in [0.25, 0.3) is 0 Å². The Morgan fingerprint density at radius 1 is 1.24 bits per heavy atom. The molecule has 1 aromatic carbocycles. The molecule has 0 unspecified atom stereocenters. The number of benzene rings is 1. The predicted octanol–water partition coefficient (Wildman–Crippen LogP) is 4.52. The van der Waals surface area contributed by atoms with E-state index >= 15 is 0 Å². The van der Waals surface area contributed by atoms with Crippen molar-refractivity contribution >= 4 is 5.78 Å². The molecule has 0 bridgehead atoms. The molecule has 2 fully saturated rings. The largest absolute Gasteiger partial charge is 0.299 e. The molecule has 5 atom stereocenters. The summed E-state index contributed by atoms with van der Waals surface area (Å²) in [5.41, 5.74) is 2.81. The zero-order valence-electron chi connectivity index (χ0n) is 12.8. The normalized spacial score (nSPS) is 41.1. The van der Waals surface area contributed by atoms with Crippen molar-refractivity contribution in [3.8, 4) is 0 Å². The number of hydrogen-bond acceptors (Lipinski definition) is 1. The third kappa shape index (κ3) is 1.66. The van der Waals surface area contributed by atoms with Crippen molar-refractivity contribution in [1.82, 2.24) is 0 Å². The van der Waals surface area contributed by atoms with Crippen LogP contribution in [0, 0.1) is 23.2 Å². The van der Waals surface area contributed by atoms with E-state index in [4.69, 9.17) is 0 Å². The summed E-state index contributed by atoms with van der Waals surface area (Å²) < 4.78 is 0. The van der Waals surface area contributed by atoms with Crippen LogP contribution >= 0.6 is 0 Å². The minimum atomic E-state index is -0.130. The molecule has 21 heavy (non-hydrogen) atoms. The van der Waals surface area contributed by atoms with Crippen molar-refractivity contribution in [3.63, 3.8) is 0 Å². The summed E-state index contributed by atoms with van der Waals surface area (Å²) in [4.78, 5) is 13.0. The fourth-order valence-corrected chi connectivity index (χ4v) is 5.71. The predicted molar refractivity (Wildman–Crippen MR) is 85.1 cm³/mol. The average molecular weight is 280 g/mol. The van der Waals surface area contributed by atoms with Crippen LogP contribution in [-0.4, -0.2) is 5.78 Å². The number of Topliss-reactive ketones (excluding diaryl/α,β-unsaturated/α-hetero) is 1. The summed E-state index contributed by atoms with van der Waals surface area (Å²) in [5, 5.41) is 0. The lowest BCUT2D eigenvalue weighted by Crippen LogP contribution is -2.48. The van der Waals surface area contributed by atoms with Crippen LogP contribution in [0.4, 0.5) is 0 Å². The molecule has 1 nitrogen and oxygen atoms in total. The first-order chi connectivity index (χ1) is 10.2. The molecule has 0 saturated heterocycles. The van der Waals surface area contributed by atoms with Gasteiger partial charge in [0.25, 0.3) is 0 Å². The van der Waals surface area contributed by atoms with E-state index in [0.717, 1.165) is 12.8 Å². The second kappa shape index (κ2) is 4.56. The highest BCUT2D eigenvalue weighted by molar-refractivity contribution is 5.87. The summed E-state index contributed by atoms with van der Waals surface area (Å²) >= 11 is 0. The third-order valence-corrected chi connectivity index (χ3v) is 6.86.